The number of benzene rings is 3. The zero-order chi connectivity index (χ0) is 27.4. The monoisotopic (exact) mass is 525 g/mol. The van der Waals surface area contributed by atoms with E-state index in [4.69, 9.17) is 9.15 Å². The number of carboxylic acid groups (broad SMARTS) is 1. The van der Waals surface area contributed by atoms with Crippen LogP contribution in [0, 0.1) is 0 Å². The van der Waals surface area contributed by atoms with E-state index in [1.54, 1.807) is 18.2 Å². The van der Waals surface area contributed by atoms with E-state index < -0.39 is 29.5 Å². The molecule has 1 aliphatic heterocycles. The summed E-state index contributed by atoms with van der Waals surface area (Å²) in [7, 11) is 1.47. The Morgan fingerprint density at radius 2 is 1.82 bits per heavy atom. The van der Waals surface area contributed by atoms with Gasteiger partial charge in [-0.05, 0) is 48.0 Å². The molecule has 1 unspecified atom stereocenters. The molecule has 0 spiro atoms. The van der Waals surface area contributed by atoms with E-state index in [0.717, 1.165) is 4.90 Å². The Labute approximate surface area is 219 Å². The molecular weight excluding hydrogens is 506 g/mol. The molecule has 1 aliphatic rings. The maximum absolute atomic E-state index is 13.8. The number of aromatic nitrogens is 2. The molecule has 0 saturated carbocycles. The number of aromatic carboxylic acids is 1. The van der Waals surface area contributed by atoms with Gasteiger partial charge in [-0.15, -0.1) is 0 Å². The number of amides is 1. The lowest BCUT2D eigenvalue weighted by Gasteiger charge is -2.24. The minimum Gasteiger partial charge on any atom is -0.508 e. The Hall–Kier alpha value is -5.58. The zero-order valence-corrected chi connectivity index (χ0v) is 20.2. The van der Waals surface area contributed by atoms with Crippen LogP contribution >= 0.6 is 0 Å². The van der Waals surface area contributed by atoms with Crippen LogP contribution in [0.4, 0.5) is 5.95 Å². The number of anilines is 1. The fourth-order valence-electron chi connectivity index (χ4n) is 4.71. The highest BCUT2D eigenvalue weighted by Gasteiger charge is 2.46. The average molecular weight is 525 g/mol. The second-order valence-corrected chi connectivity index (χ2v) is 8.85. The number of hydrogen-bond acceptors (Lipinski definition) is 8. The van der Waals surface area contributed by atoms with Gasteiger partial charge in [0.2, 0.25) is 11.7 Å². The molecule has 5 aromatic rings. The van der Waals surface area contributed by atoms with Crippen molar-refractivity contribution < 1.29 is 38.9 Å². The number of para-hydroxylation sites is 1. The minimum absolute atomic E-state index is 0.0117. The van der Waals surface area contributed by atoms with E-state index in [9.17, 15) is 29.7 Å². The maximum atomic E-state index is 13.8. The first-order valence-electron chi connectivity index (χ1n) is 11.7. The van der Waals surface area contributed by atoms with Crippen molar-refractivity contribution in [2.24, 2.45) is 0 Å². The molecule has 1 atom stereocenters. The summed E-state index contributed by atoms with van der Waals surface area (Å²) in [5.74, 6) is -3.33. The van der Waals surface area contributed by atoms with Gasteiger partial charge in [0.05, 0.1) is 35.3 Å². The number of phenolic OH excluding ortho intramolecular Hbond substituents is 1. The molecule has 0 bridgehead atoms. The number of ether oxygens (including phenoxy) is 1. The molecule has 11 heteroatoms. The van der Waals surface area contributed by atoms with Gasteiger partial charge in [0.15, 0.2) is 22.9 Å². The third-order valence-corrected chi connectivity index (χ3v) is 6.56. The largest absolute Gasteiger partial charge is 0.508 e. The van der Waals surface area contributed by atoms with Crippen LogP contribution in [0.3, 0.4) is 0 Å². The minimum atomic E-state index is -1.15. The third kappa shape index (κ3) is 3.75. The molecule has 39 heavy (non-hydrogen) atoms. The van der Waals surface area contributed by atoms with Crippen LogP contribution in [0.2, 0.25) is 0 Å². The van der Waals surface area contributed by atoms with E-state index in [1.165, 1.54) is 55.6 Å². The van der Waals surface area contributed by atoms with Crippen molar-refractivity contribution in [3.63, 3.8) is 0 Å². The van der Waals surface area contributed by atoms with Gasteiger partial charge in [-0.2, -0.15) is 0 Å². The normalized spacial score (nSPS) is 15.5. The number of carbonyl (C=O) groups is 3. The number of carboxylic acids is 1. The quantitative estimate of drug-likeness (QED) is 0.233. The molecule has 2 aromatic heterocycles. The summed E-state index contributed by atoms with van der Waals surface area (Å²) in [4.78, 5) is 47.1. The van der Waals surface area contributed by atoms with E-state index in [1.807, 2.05) is 0 Å². The summed E-state index contributed by atoms with van der Waals surface area (Å²) in [6.45, 7) is 0. The number of fused-ring (bicyclic) bond motifs is 2. The number of aliphatic hydroxyl groups excluding tert-OH is 1. The fraction of sp³-hybridized carbons (Fsp3) is 0.0714. The van der Waals surface area contributed by atoms with Crippen molar-refractivity contribution >= 4 is 45.6 Å². The van der Waals surface area contributed by atoms with Crippen LogP contribution in [-0.2, 0) is 4.79 Å². The summed E-state index contributed by atoms with van der Waals surface area (Å²) in [6, 6.07) is 15.5. The number of furan rings is 1. The van der Waals surface area contributed by atoms with E-state index >= 15 is 0 Å². The molecular formula is C28H19N3O8. The molecule has 11 nitrogen and oxygen atoms in total. The Morgan fingerprint density at radius 1 is 1.05 bits per heavy atom. The number of aromatic hydroxyl groups is 1. The van der Waals surface area contributed by atoms with Crippen molar-refractivity contribution in [3.8, 4) is 11.5 Å². The SMILES string of the molecule is COc1cccc2cc(C(=O)C3=C(O)C(=O)N(c4nc5ccc(C(=O)O)cc5[nH]4)C3c3ccc(O)cc3)oc12. The van der Waals surface area contributed by atoms with Crippen molar-refractivity contribution in [1.29, 1.82) is 0 Å². The molecule has 1 amide bonds. The Bertz CT molecular complexity index is 1850. The smallest absolute Gasteiger partial charge is 0.335 e. The number of H-pyrrole nitrogens is 1. The Morgan fingerprint density at radius 3 is 2.54 bits per heavy atom. The van der Waals surface area contributed by atoms with E-state index in [0.29, 0.717) is 33.3 Å². The third-order valence-electron chi connectivity index (χ3n) is 6.56. The molecule has 3 aromatic carbocycles. The number of nitrogens with zero attached hydrogens (tertiary/aromatic N) is 2. The standard InChI is InChI=1S/C28H19N3O8/c1-38-19-4-2-3-14-12-20(39-25(14)19)23(33)21-22(13-5-8-16(32)9-6-13)31(26(35)24(21)34)28-29-17-10-7-15(27(36)37)11-18(17)30-28/h2-12,22,32,34H,1H3,(H,29,30)(H,36,37). The Kier molecular flexibility index (Phi) is 5.35. The number of nitrogens with one attached hydrogen (secondary N) is 1. The maximum Gasteiger partial charge on any atom is 0.335 e. The van der Waals surface area contributed by atoms with E-state index in [-0.39, 0.29) is 28.6 Å². The van der Waals surface area contributed by atoms with Gasteiger partial charge in [0.1, 0.15) is 5.75 Å². The first-order valence-corrected chi connectivity index (χ1v) is 11.7. The van der Waals surface area contributed by atoms with Crippen LogP contribution in [0.1, 0.15) is 32.5 Å². The summed E-state index contributed by atoms with van der Waals surface area (Å²) in [6.07, 6.45) is 0. The van der Waals surface area contributed by atoms with Crippen molar-refractivity contribution in [1.82, 2.24) is 9.97 Å². The van der Waals surface area contributed by atoms with Gasteiger partial charge in [-0.3, -0.25) is 14.5 Å². The summed E-state index contributed by atoms with van der Waals surface area (Å²) >= 11 is 0. The highest BCUT2D eigenvalue weighted by molar-refractivity contribution is 6.20. The zero-order valence-electron chi connectivity index (χ0n) is 20.2. The van der Waals surface area contributed by atoms with Crippen LogP contribution in [0.15, 0.2) is 82.5 Å². The number of carbonyl (C=O) groups excluding carboxylic acids is 2. The van der Waals surface area contributed by atoms with Crippen LogP contribution in [-0.4, -0.2) is 50.1 Å². The number of hydrogen-bond donors (Lipinski definition) is 4. The molecule has 0 saturated heterocycles. The second-order valence-electron chi connectivity index (χ2n) is 8.85. The number of methoxy groups -OCH3 is 1. The van der Waals surface area contributed by atoms with E-state index in [2.05, 4.69) is 9.97 Å². The lowest BCUT2D eigenvalue weighted by Crippen LogP contribution is -2.32. The summed E-state index contributed by atoms with van der Waals surface area (Å²) < 4.78 is 11.1. The first kappa shape index (κ1) is 23.8. The topological polar surface area (TPSA) is 166 Å². The number of rotatable bonds is 6. The Balaban J connectivity index is 1.50. The number of Topliss-reactive ketones (excluding diaryl/α,β-unsaturated/α-hetero) is 1. The molecule has 194 valence electrons. The van der Waals surface area contributed by atoms with Gasteiger partial charge in [0, 0.05) is 5.39 Å². The van der Waals surface area contributed by atoms with Gasteiger partial charge in [-0.1, -0.05) is 24.3 Å². The first-order chi connectivity index (χ1) is 18.8. The van der Waals surface area contributed by atoms with Crippen molar-refractivity contribution in [2.45, 2.75) is 6.04 Å². The fourth-order valence-corrected chi connectivity index (χ4v) is 4.71. The predicted molar refractivity (Wildman–Crippen MR) is 138 cm³/mol. The highest BCUT2D eigenvalue weighted by Crippen LogP contribution is 2.42. The molecule has 3 heterocycles. The molecule has 4 N–H and O–H groups in total. The van der Waals surface area contributed by atoms with Gasteiger partial charge in [-0.25, -0.2) is 9.78 Å². The number of ketones is 1. The second kappa shape index (κ2) is 8.77. The summed E-state index contributed by atoms with van der Waals surface area (Å²) in [5, 5.41) is 30.8. The molecule has 0 fully saturated rings. The predicted octanol–water partition coefficient (Wildman–Crippen LogP) is 4.50. The number of phenols is 1. The average Bonchev–Trinajstić information content (AvgIpc) is 3.62. The highest BCUT2D eigenvalue weighted by atomic mass is 16.5. The van der Waals surface area contributed by atoms with Crippen molar-refractivity contribution in [3.05, 3.63) is 94.9 Å². The van der Waals surface area contributed by atoms with Crippen LogP contribution in [0.5, 0.6) is 11.5 Å². The van der Waals surface area contributed by atoms with Gasteiger partial charge < -0.3 is 29.5 Å². The number of imidazole rings is 1. The van der Waals surface area contributed by atoms with Gasteiger partial charge in [0.25, 0.3) is 5.91 Å². The molecule has 0 radical (unpaired) electrons. The van der Waals surface area contributed by atoms with Crippen LogP contribution in [0.25, 0.3) is 22.0 Å². The number of aliphatic hydroxyl groups is 1. The molecule has 0 aliphatic carbocycles. The molecule has 6 rings (SSSR count). The van der Waals surface area contributed by atoms with Crippen molar-refractivity contribution in [2.75, 3.05) is 12.0 Å². The number of aromatic amines is 1. The lowest BCUT2D eigenvalue weighted by atomic mass is 9.95. The van der Waals surface area contributed by atoms with Gasteiger partial charge >= 0.3 is 5.97 Å². The summed E-state index contributed by atoms with van der Waals surface area (Å²) in [5.41, 5.74) is 1.20. The van der Waals surface area contributed by atoms with Crippen LogP contribution < -0.4 is 9.64 Å². The lowest BCUT2D eigenvalue weighted by molar-refractivity contribution is -0.117.